The van der Waals surface area contributed by atoms with Gasteiger partial charge in [-0.2, -0.15) is 0 Å². The fourth-order valence-electron chi connectivity index (χ4n) is 4.23. The lowest BCUT2D eigenvalue weighted by Gasteiger charge is -2.39. The van der Waals surface area contributed by atoms with E-state index in [1.165, 1.54) is 18.5 Å². The summed E-state index contributed by atoms with van der Waals surface area (Å²) in [5.74, 6) is 1.14. The minimum atomic E-state index is 0.0432. The number of fused-ring (bicyclic) bond motifs is 1. The van der Waals surface area contributed by atoms with Gasteiger partial charge in [-0.05, 0) is 37.8 Å². The number of hydrogen-bond acceptors (Lipinski definition) is 4. The van der Waals surface area contributed by atoms with Crippen LogP contribution in [0.3, 0.4) is 0 Å². The molecule has 0 aliphatic carbocycles. The number of nitrogens with zero attached hydrogens (tertiary/aromatic N) is 5. The normalized spacial score (nSPS) is 19.9. The molecule has 2 aromatic heterocycles. The van der Waals surface area contributed by atoms with Gasteiger partial charge in [0.1, 0.15) is 0 Å². The molecule has 0 saturated carbocycles. The van der Waals surface area contributed by atoms with E-state index in [9.17, 15) is 4.79 Å². The molecule has 26 heavy (non-hydrogen) atoms. The molecule has 1 fully saturated rings. The van der Waals surface area contributed by atoms with Gasteiger partial charge in [-0.3, -0.25) is 4.79 Å². The van der Waals surface area contributed by atoms with Crippen molar-refractivity contribution in [3.63, 3.8) is 0 Å². The van der Waals surface area contributed by atoms with E-state index < -0.39 is 0 Å². The number of carbonyl (C=O) groups is 1. The average Bonchev–Trinajstić information content (AvgIpc) is 3.31. The van der Waals surface area contributed by atoms with E-state index in [4.69, 9.17) is 0 Å². The zero-order valence-corrected chi connectivity index (χ0v) is 15.9. The van der Waals surface area contributed by atoms with Crippen molar-refractivity contribution in [2.75, 3.05) is 24.5 Å². The number of aromatic nitrogens is 3. The molecule has 4 rings (SSSR count). The quantitative estimate of drug-likeness (QED) is 0.851. The van der Waals surface area contributed by atoms with Crippen molar-refractivity contribution in [3.8, 4) is 0 Å². The van der Waals surface area contributed by atoms with Gasteiger partial charge in [0.25, 0.3) is 5.91 Å². The molecule has 2 aliphatic rings. The Hall–Kier alpha value is -2.37. The fraction of sp³-hybridized carbons (Fsp3) is 0.550. The SMILES string of the molecule is Cc1nc(N2CCCC2)ncc1C(=O)N1CCn2cccc2[C@H]1C(C)C. The van der Waals surface area contributed by atoms with Crippen LogP contribution in [0.25, 0.3) is 0 Å². The molecule has 0 spiro atoms. The summed E-state index contributed by atoms with van der Waals surface area (Å²) in [5.41, 5.74) is 2.61. The Morgan fingerprint density at radius 2 is 1.96 bits per heavy atom. The summed E-state index contributed by atoms with van der Waals surface area (Å²) in [4.78, 5) is 26.7. The Morgan fingerprint density at radius 3 is 2.65 bits per heavy atom. The van der Waals surface area contributed by atoms with Crippen molar-refractivity contribution in [1.82, 2.24) is 19.4 Å². The zero-order valence-electron chi connectivity index (χ0n) is 15.9. The first kappa shape index (κ1) is 17.1. The second-order valence-corrected chi connectivity index (χ2v) is 7.68. The van der Waals surface area contributed by atoms with Gasteiger partial charge in [-0.25, -0.2) is 9.97 Å². The van der Waals surface area contributed by atoms with Crippen molar-refractivity contribution in [2.24, 2.45) is 5.92 Å². The van der Waals surface area contributed by atoms with Crippen molar-refractivity contribution in [3.05, 3.63) is 41.5 Å². The lowest BCUT2D eigenvalue weighted by Crippen LogP contribution is -2.44. The second kappa shape index (κ2) is 6.74. The van der Waals surface area contributed by atoms with Gasteiger partial charge in [0, 0.05) is 44.3 Å². The molecule has 0 unspecified atom stereocenters. The molecule has 6 heteroatoms. The first-order chi connectivity index (χ1) is 12.6. The van der Waals surface area contributed by atoms with Crippen LogP contribution in [0.1, 0.15) is 54.5 Å². The minimum Gasteiger partial charge on any atom is -0.348 e. The van der Waals surface area contributed by atoms with Crippen LogP contribution < -0.4 is 4.90 Å². The molecule has 0 radical (unpaired) electrons. The van der Waals surface area contributed by atoms with E-state index in [0.717, 1.165) is 37.8 Å². The second-order valence-electron chi connectivity index (χ2n) is 7.68. The Kier molecular flexibility index (Phi) is 4.42. The Bertz CT molecular complexity index is 806. The van der Waals surface area contributed by atoms with Crippen LogP contribution in [0.5, 0.6) is 0 Å². The first-order valence-corrected chi connectivity index (χ1v) is 9.61. The van der Waals surface area contributed by atoms with Gasteiger partial charge in [-0.15, -0.1) is 0 Å². The lowest BCUT2D eigenvalue weighted by atomic mass is 9.96. The Balaban J connectivity index is 1.62. The predicted molar refractivity (Wildman–Crippen MR) is 101 cm³/mol. The third-order valence-electron chi connectivity index (χ3n) is 5.56. The molecular weight excluding hydrogens is 326 g/mol. The molecule has 2 aromatic rings. The third-order valence-corrected chi connectivity index (χ3v) is 5.56. The van der Waals surface area contributed by atoms with Gasteiger partial charge in [0.05, 0.1) is 17.3 Å². The van der Waals surface area contributed by atoms with Crippen LogP contribution in [0.2, 0.25) is 0 Å². The summed E-state index contributed by atoms with van der Waals surface area (Å²) in [6, 6.07) is 4.28. The van der Waals surface area contributed by atoms with Crippen LogP contribution in [-0.2, 0) is 6.54 Å². The highest BCUT2D eigenvalue weighted by Crippen LogP contribution is 2.33. The maximum Gasteiger partial charge on any atom is 0.257 e. The predicted octanol–water partition coefficient (Wildman–Crippen LogP) is 3.04. The molecule has 1 amide bonds. The van der Waals surface area contributed by atoms with Crippen LogP contribution in [0.4, 0.5) is 5.95 Å². The standard InChI is InChI=1S/C20H27N5O/c1-14(2)18-17-7-6-10-23(17)11-12-25(18)19(26)16-13-21-20(22-15(16)3)24-8-4-5-9-24/h6-7,10,13-14,18H,4-5,8-9,11-12H2,1-3H3/t18-/m1/s1. The summed E-state index contributed by atoms with van der Waals surface area (Å²) >= 11 is 0. The van der Waals surface area contributed by atoms with Crippen molar-refractivity contribution in [2.45, 2.75) is 46.2 Å². The summed E-state index contributed by atoms with van der Waals surface area (Å²) in [6.45, 7) is 9.84. The van der Waals surface area contributed by atoms with E-state index in [-0.39, 0.29) is 11.9 Å². The summed E-state index contributed by atoms with van der Waals surface area (Å²) in [5, 5.41) is 0. The number of rotatable bonds is 3. The maximum absolute atomic E-state index is 13.3. The minimum absolute atomic E-state index is 0.0432. The number of carbonyl (C=O) groups excluding carboxylic acids is 1. The Labute approximate surface area is 154 Å². The van der Waals surface area contributed by atoms with Crippen LogP contribution in [0.15, 0.2) is 24.5 Å². The van der Waals surface area contributed by atoms with E-state index >= 15 is 0 Å². The van der Waals surface area contributed by atoms with Crippen LogP contribution >= 0.6 is 0 Å². The van der Waals surface area contributed by atoms with Gasteiger partial charge < -0.3 is 14.4 Å². The highest BCUT2D eigenvalue weighted by molar-refractivity contribution is 5.95. The monoisotopic (exact) mass is 353 g/mol. The van der Waals surface area contributed by atoms with Crippen molar-refractivity contribution < 1.29 is 4.79 Å². The topological polar surface area (TPSA) is 54.3 Å². The first-order valence-electron chi connectivity index (χ1n) is 9.61. The molecule has 0 bridgehead atoms. The van der Waals surface area contributed by atoms with E-state index in [1.54, 1.807) is 6.20 Å². The summed E-state index contributed by atoms with van der Waals surface area (Å²) in [7, 11) is 0. The molecule has 1 atom stereocenters. The smallest absolute Gasteiger partial charge is 0.257 e. The largest absolute Gasteiger partial charge is 0.348 e. The highest BCUT2D eigenvalue weighted by Gasteiger charge is 2.34. The zero-order chi connectivity index (χ0) is 18.3. The average molecular weight is 353 g/mol. The Morgan fingerprint density at radius 1 is 1.19 bits per heavy atom. The van der Waals surface area contributed by atoms with Gasteiger partial charge >= 0.3 is 0 Å². The number of anilines is 1. The van der Waals surface area contributed by atoms with Crippen LogP contribution in [0, 0.1) is 12.8 Å². The molecule has 0 aromatic carbocycles. The number of aryl methyl sites for hydroxylation is 1. The molecule has 138 valence electrons. The molecule has 1 saturated heterocycles. The van der Waals surface area contributed by atoms with E-state index in [0.29, 0.717) is 11.5 Å². The van der Waals surface area contributed by atoms with Gasteiger partial charge in [0.2, 0.25) is 5.95 Å². The van der Waals surface area contributed by atoms with Gasteiger partial charge in [-0.1, -0.05) is 13.8 Å². The molecule has 4 heterocycles. The maximum atomic E-state index is 13.3. The number of amides is 1. The highest BCUT2D eigenvalue weighted by atomic mass is 16.2. The lowest BCUT2D eigenvalue weighted by molar-refractivity contribution is 0.0554. The molecule has 0 N–H and O–H groups in total. The third kappa shape index (κ3) is 2.87. The molecule has 6 nitrogen and oxygen atoms in total. The van der Waals surface area contributed by atoms with Crippen molar-refractivity contribution in [1.29, 1.82) is 0 Å². The number of hydrogen-bond donors (Lipinski definition) is 0. The van der Waals surface area contributed by atoms with Gasteiger partial charge in [0.15, 0.2) is 0 Å². The summed E-state index contributed by atoms with van der Waals surface area (Å²) < 4.78 is 2.26. The van der Waals surface area contributed by atoms with Crippen LogP contribution in [-0.4, -0.2) is 45.0 Å². The molecule has 2 aliphatic heterocycles. The summed E-state index contributed by atoms with van der Waals surface area (Å²) in [6.07, 6.45) is 6.20. The van der Waals surface area contributed by atoms with E-state index in [1.807, 2.05) is 11.8 Å². The van der Waals surface area contributed by atoms with E-state index in [2.05, 4.69) is 51.6 Å². The van der Waals surface area contributed by atoms with Crippen molar-refractivity contribution >= 4 is 11.9 Å². The fourth-order valence-corrected chi connectivity index (χ4v) is 4.23. The molecular formula is C20H27N5O.